The third-order valence-electron chi connectivity index (χ3n) is 9.42. The first kappa shape index (κ1) is 32.5. The van der Waals surface area contributed by atoms with E-state index in [4.69, 9.17) is 29.9 Å². The van der Waals surface area contributed by atoms with Gasteiger partial charge in [-0.15, -0.1) is 22.7 Å². The largest absolute Gasteiger partial charge is 0.208 e. The highest BCUT2D eigenvalue weighted by Crippen LogP contribution is 2.40. The Morgan fingerprint density at radius 2 is 0.706 bits per heavy atom. The van der Waals surface area contributed by atoms with Crippen molar-refractivity contribution in [3.63, 3.8) is 0 Å². The van der Waals surface area contributed by atoms with Crippen LogP contribution in [0.15, 0.2) is 144 Å². The fraction of sp³-hybridized carbons (Fsp3) is 0.116. The fourth-order valence-corrected chi connectivity index (χ4v) is 7.90. The third kappa shape index (κ3) is 6.52. The summed E-state index contributed by atoms with van der Waals surface area (Å²) >= 11 is 3.26. The molecule has 8 heteroatoms. The first-order chi connectivity index (χ1) is 25.1. The van der Waals surface area contributed by atoms with Gasteiger partial charge in [0.1, 0.15) is 0 Å². The minimum Gasteiger partial charge on any atom is -0.208 e. The summed E-state index contributed by atoms with van der Waals surface area (Å²) in [6.07, 6.45) is 1.89. The second kappa shape index (κ2) is 14.3. The lowest BCUT2D eigenvalue weighted by Gasteiger charge is -2.33. The van der Waals surface area contributed by atoms with Crippen molar-refractivity contribution in [3.05, 3.63) is 155 Å². The molecule has 4 heterocycles. The highest BCUT2D eigenvalue weighted by molar-refractivity contribution is 7.13. The lowest BCUT2D eigenvalue weighted by atomic mass is 9.70. The minimum absolute atomic E-state index is 0.177. The summed E-state index contributed by atoms with van der Waals surface area (Å²) in [4.78, 5) is 31.4. The van der Waals surface area contributed by atoms with Crippen LogP contribution in [0, 0.1) is 0 Å². The van der Waals surface area contributed by atoms with Gasteiger partial charge in [0, 0.05) is 27.7 Å². The lowest BCUT2D eigenvalue weighted by molar-refractivity contribution is 0.478. The first-order valence-corrected chi connectivity index (χ1v) is 18.8. The molecule has 0 saturated heterocycles. The Kier molecular flexibility index (Phi) is 9.09. The Balaban J connectivity index is 1.13. The van der Waals surface area contributed by atoms with Gasteiger partial charge in [0.15, 0.2) is 34.9 Å². The van der Waals surface area contributed by atoms with E-state index in [0.29, 0.717) is 34.9 Å². The molecule has 8 aromatic rings. The molecule has 0 amide bonds. The van der Waals surface area contributed by atoms with Gasteiger partial charge >= 0.3 is 0 Å². The molecule has 0 atom stereocenters. The molecule has 0 aliphatic heterocycles. The van der Waals surface area contributed by atoms with Gasteiger partial charge in [0.25, 0.3) is 0 Å². The smallest absolute Gasteiger partial charge is 0.174 e. The summed E-state index contributed by atoms with van der Waals surface area (Å²) in [6.45, 7) is 4.53. The Bertz CT molecular complexity index is 2190. The average Bonchev–Trinajstić information content (AvgIpc) is 3.96. The Morgan fingerprint density at radius 3 is 1.02 bits per heavy atom. The van der Waals surface area contributed by atoms with Crippen LogP contribution in [-0.4, -0.2) is 29.9 Å². The normalized spacial score (nSPS) is 11.5. The Labute approximate surface area is 305 Å². The second-order valence-electron chi connectivity index (χ2n) is 12.2. The van der Waals surface area contributed by atoms with Crippen molar-refractivity contribution < 1.29 is 0 Å². The zero-order valence-corrected chi connectivity index (χ0v) is 29.9. The van der Waals surface area contributed by atoms with Crippen LogP contribution >= 0.6 is 22.7 Å². The maximum Gasteiger partial charge on any atom is 0.174 e. The Hall–Kier alpha value is -5.70. The molecule has 0 spiro atoms. The van der Waals surface area contributed by atoms with E-state index in [9.17, 15) is 0 Å². The molecule has 0 aliphatic carbocycles. The summed E-state index contributed by atoms with van der Waals surface area (Å²) in [5.74, 6) is 4.03. The summed E-state index contributed by atoms with van der Waals surface area (Å²) in [5.41, 5.74) is 6.18. The van der Waals surface area contributed by atoms with Gasteiger partial charge in [-0.2, -0.15) is 0 Å². The maximum absolute atomic E-state index is 4.93. The number of nitrogens with zero attached hydrogens (tertiary/aromatic N) is 6. The van der Waals surface area contributed by atoms with Gasteiger partial charge in [-0.1, -0.05) is 135 Å². The van der Waals surface area contributed by atoms with Gasteiger partial charge in [-0.05, 0) is 46.9 Å². The SMILES string of the molecule is CCC(CC)(c1ccc(-c2nc(-c3ccccc3)nc(-c3cccs3)n2)cc1)c1ccc(-c2nc(-c3ccccc3)nc(-c3cccs3)n2)cc1. The molecule has 0 aliphatic rings. The van der Waals surface area contributed by atoms with Crippen molar-refractivity contribution in [2.75, 3.05) is 0 Å². The van der Waals surface area contributed by atoms with E-state index in [1.807, 2.05) is 83.6 Å². The third-order valence-corrected chi connectivity index (χ3v) is 11.1. The van der Waals surface area contributed by atoms with Gasteiger partial charge in [-0.25, -0.2) is 29.9 Å². The molecule has 0 N–H and O–H groups in total. The van der Waals surface area contributed by atoms with Crippen LogP contribution in [0.5, 0.6) is 0 Å². The minimum atomic E-state index is -0.177. The van der Waals surface area contributed by atoms with Crippen molar-refractivity contribution in [3.8, 4) is 67.0 Å². The van der Waals surface area contributed by atoms with Crippen LogP contribution < -0.4 is 0 Å². The van der Waals surface area contributed by atoms with Crippen LogP contribution in [0.4, 0.5) is 0 Å². The van der Waals surface area contributed by atoms with E-state index in [0.717, 1.165) is 44.8 Å². The molecule has 4 aromatic heterocycles. The van der Waals surface area contributed by atoms with E-state index in [-0.39, 0.29) is 5.41 Å². The van der Waals surface area contributed by atoms with Crippen LogP contribution in [0.25, 0.3) is 67.0 Å². The van der Waals surface area contributed by atoms with E-state index >= 15 is 0 Å². The highest BCUT2D eigenvalue weighted by Gasteiger charge is 2.31. The predicted octanol–water partition coefficient (Wildman–Crippen LogP) is 11.3. The standard InChI is InChI=1S/C43H34N6S2/c1-3-43(4-2,33-23-19-31(20-24-33)39-44-37(29-13-7-5-8-14-29)46-41(48-39)35-17-11-27-50-35)34-25-21-32(22-26-34)40-45-38(30-15-9-6-10-16-30)47-42(49-40)36-18-12-28-51-36/h5-28H,3-4H2,1-2H3. The van der Waals surface area contributed by atoms with Crippen LogP contribution in [-0.2, 0) is 5.41 Å². The molecular formula is C43H34N6S2. The van der Waals surface area contributed by atoms with Crippen molar-refractivity contribution in [1.29, 1.82) is 0 Å². The summed E-state index contributed by atoms with van der Waals surface area (Å²) in [7, 11) is 0. The van der Waals surface area contributed by atoms with E-state index in [1.165, 1.54) is 11.1 Å². The van der Waals surface area contributed by atoms with Crippen molar-refractivity contribution in [1.82, 2.24) is 29.9 Å². The van der Waals surface area contributed by atoms with E-state index in [2.05, 4.69) is 74.5 Å². The molecule has 6 nitrogen and oxygen atoms in total. The summed E-state index contributed by atoms with van der Waals surface area (Å²) in [6, 6.07) is 45.9. The average molecular weight is 699 g/mol. The molecule has 51 heavy (non-hydrogen) atoms. The summed E-state index contributed by atoms with van der Waals surface area (Å²) in [5, 5.41) is 4.09. The zero-order chi connectivity index (χ0) is 34.6. The molecule has 0 radical (unpaired) electrons. The molecule has 0 fully saturated rings. The van der Waals surface area contributed by atoms with Crippen LogP contribution in [0.1, 0.15) is 37.8 Å². The van der Waals surface area contributed by atoms with Gasteiger partial charge in [0.2, 0.25) is 0 Å². The quantitative estimate of drug-likeness (QED) is 0.141. The number of rotatable bonds is 10. The molecule has 248 valence electrons. The molecule has 4 aromatic carbocycles. The van der Waals surface area contributed by atoms with Crippen LogP contribution in [0.3, 0.4) is 0 Å². The lowest BCUT2D eigenvalue weighted by Crippen LogP contribution is -2.26. The molecular weight excluding hydrogens is 665 g/mol. The van der Waals surface area contributed by atoms with Crippen molar-refractivity contribution >= 4 is 22.7 Å². The molecule has 8 rings (SSSR count). The van der Waals surface area contributed by atoms with Crippen molar-refractivity contribution in [2.24, 2.45) is 0 Å². The van der Waals surface area contributed by atoms with E-state index in [1.54, 1.807) is 22.7 Å². The zero-order valence-electron chi connectivity index (χ0n) is 28.3. The number of thiophene rings is 2. The van der Waals surface area contributed by atoms with E-state index < -0.39 is 0 Å². The maximum atomic E-state index is 4.93. The number of hydrogen-bond donors (Lipinski definition) is 0. The van der Waals surface area contributed by atoms with Gasteiger partial charge in [-0.3, -0.25) is 0 Å². The number of hydrogen-bond acceptors (Lipinski definition) is 8. The molecule has 0 bridgehead atoms. The predicted molar refractivity (Wildman–Crippen MR) is 209 cm³/mol. The molecule has 0 unspecified atom stereocenters. The Morgan fingerprint density at radius 1 is 0.373 bits per heavy atom. The van der Waals surface area contributed by atoms with Crippen molar-refractivity contribution in [2.45, 2.75) is 32.1 Å². The van der Waals surface area contributed by atoms with Gasteiger partial charge in [0.05, 0.1) is 9.75 Å². The number of aromatic nitrogens is 6. The second-order valence-corrected chi connectivity index (χ2v) is 14.1. The van der Waals surface area contributed by atoms with Crippen LogP contribution in [0.2, 0.25) is 0 Å². The monoisotopic (exact) mass is 698 g/mol. The van der Waals surface area contributed by atoms with Gasteiger partial charge < -0.3 is 0 Å². The molecule has 0 saturated carbocycles. The first-order valence-electron chi connectivity index (χ1n) is 17.1. The fourth-order valence-electron chi connectivity index (χ4n) is 6.58. The summed E-state index contributed by atoms with van der Waals surface area (Å²) < 4.78 is 0. The number of benzene rings is 4. The highest BCUT2D eigenvalue weighted by atomic mass is 32.1. The topological polar surface area (TPSA) is 77.3 Å².